The normalized spacial score (nSPS) is 15.8. The molecule has 0 unspecified atom stereocenters. The fourth-order valence-corrected chi connectivity index (χ4v) is 13.6. The van der Waals surface area contributed by atoms with Crippen molar-refractivity contribution in [3.05, 3.63) is 138 Å². The number of sulfonamides is 1. The summed E-state index contributed by atoms with van der Waals surface area (Å²) in [5, 5.41) is 25.5. The van der Waals surface area contributed by atoms with Crippen molar-refractivity contribution in [1.29, 1.82) is 0 Å². The van der Waals surface area contributed by atoms with Gasteiger partial charge in [-0.2, -0.15) is 0 Å². The largest absolute Gasteiger partial charge is 0.469 e. The van der Waals surface area contributed by atoms with E-state index in [-0.39, 0.29) is 27.6 Å². The number of aliphatic hydroxyl groups is 2. The summed E-state index contributed by atoms with van der Waals surface area (Å²) in [7, 11) is -12.7. The average Bonchev–Trinajstić information content (AvgIpc) is 3.68. The van der Waals surface area contributed by atoms with Crippen LogP contribution >= 0.6 is 31.2 Å². The van der Waals surface area contributed by atoms with Crippen LogP contribution < -0.4 is 19.8 Å². The van der Waals surface area contributed by atoms with E-state index >= 15 is 0 Å². The van der Waals surface area contributed by atoms with Gasteiger partial charge in [-0.15, -0.1) is 11.8 Å². The molecule has 2 aliphatic rings. The van der Waals surface area contributed by atoms with E-state index in [1.165, 1.54) is 18.2 Å². The van der Waals surface area contributed by atoms with Crippen LogP contribution in [0.2, 0.25) is 5.02 Å². The highest BCUT2D eigenvalue weighted by atomic mass is 35.5. The van der Waals surface area contributed by atoms with Gasteiger partial charge in [0.2, 0.25) is 0 Å². The zero-order chi connectivity index (χ0) is 53.0. The van der Waals surface area contributed by atoms with Crippen molar-refractivity contribution in [2.45, 2.75) is 79.2 Å². The third-order valence-electron chi connectivity index (χ3n) is 13.5. The van der Waals surface area contributed by atoms with Gasteiger partial charge in [-0.1, -0.05) is 54.1 Å². The second kappa shape index (κ2) is 23.6. The van der Waals surface area contributed by atoms with E-state index in [0.717, 1.165) is 50.6 Å². The van der Waals surface area contributed by atoms with E-state index in [2.05, 4.69) is 55.3 Å². The van der Waals surface area contributed by atoms with Gasteiger partial charge >= 0.3 is 7.82 Å². The highest BCUT2D eigenvalue weighted by Gasteiger charge is 2.30. The first-order chi connectivity index (χ1) is 35.1. The number of rotatable bonds is 20. The molecule has 1 atom stereocenters. The van der Waals surface area contributed by atoms with Crippen LogP contribution in [-0.2, 0) is 28.9 Å². The van der Waals surface area contributed by atoms with Crippen LogP contribution in [0.3, 0.4) is 0 Å². The zero-order valence-electron chi connectivity index (χ0n) is 41.7. The Hall–Kier alpha value is -4.89. The summed E-state index contributed by atoms with van der Waals surface area (Å²) in [5.74, 6) is 0.576. The van der Waals surface area contributed by atoms with Gasteiger partial charge in [0.1, 0.15) is 0 Å². The molecule has 2 aliphatic heterocycles. The third kappa shape index (κ3) is 13.7. The zero-order valence-corrected chi connectivity index (χ0v) is 45.8. The number of nitrogens with one attached hydrogen (secondary N) is 2. The van der Waals surface area contributed by atoms with E-state index in [4.69, 9.17) is 16.1 Å². The molecule has 8 rings (SSSR count). The Bertz CT molecular complexity index is 3160. The number of piperazine rings is 1. The highest BCUT2D eigenvalue weighted by molar-refractivity contribution is 7.99. The molecule has 0 spiro atoms. The van der Waals surface area contributed by atoms with Gasteiger partial charge in [-0.3, -0.25) is 9.25 Å². The number of nitrogens with zero attached hydrogens (tertiary/aromatic N) is 4. The topological polar surface area (TPSA) is 214 Å². The first kappa shape index (κ1) is 55.3. The van der Waals surface area contributed by atoms with Crippen molar-refractivity contribution < 1.29 is 45.9 Å². The Morgan fingerprint density at radius 2 is 1.43 bits per heavy atom. The molecule has 74 heavy (non-hydrogen) atoms. The number of hydrogen-bond acceptors (Lipinski definition) is 13. The van der Waals surface area contributed by atoms with E-state index in [1.807, 2.05) is 85.8 Å². The minimum absolute atomic E-state index is 0.0350. The summed E-state index contributed by atoms with van der Waals surface area (Å²) in [6.07, 6.45) is 0.374. The van der Waals surface area contributed by atoms with Gasteiger partial charge in [0, 0.05) is 114 Å². The van der Waals surface area contributed by atoms with Crippen molar-refractivity contribution in [3.63, 3.8) is 0 Å². The second-order valence-electron chi connectivity index (χ2n) is 19.1. The number of aliphatic hydroxyl groups excluding tert-OH is 1. The Labute approximate surface area is 443 Å². The van der Waals surface area contributed by atoms with Gasteiger partial charge in [0.05, 0.1) is 27.3 Å². The van der Waals surface area contributed by atoms with Gasteiger partial charge in [0.15, 0.2) is 16.1 Å². The van der Waals surface area contributed by atoms with E-state index in [1.54, 1.807) is 23.9 Å². The van der Waals surface area contributed by atoms with Crippen molar-refractivity contribution in [2.24, 2.45) is 0 Å². The maximum Gasteiger partial charge on any atom is 0.469 e. The predicted octanol–water partition coefficient (Wildman–Crippen LogP) is 9.42. The number of phosphoric acid groups is 1. The number of phosphoric ester groups is 1. The van der Waals surface area contributed by atoms with E-state index in [0.29, 0.717) is 87.1 Å². The van der Waals surface area contributed by atoms with Crippen LogP contribution in [0, 0.1) is 6.92 Å². The predicted molar refractivity (Wildman–Crippen MR) is 296 cm³/mol. The molecule has 396 valence electrons. The molecule has 16 nitrogen and oxygen atoms in total. The standard InChI is InChI=1S/C53H64ClN6O10PS3/c1-36(2)60-37(3)50(53(61)62)51(52(60)38-13-15-40(54)16-14-38)39-9-8-10-44(33-39)59-31-29-58(30-32-59)43-19-17-41(18-20-43)56-74(68,69)47-21-22-48(49(34-47)73(4,66)67)55-42(35-72-46-11-6-5-7-12-46)23-26-57-27-24-45(25-28-57)70-71(63,64)65/h5-22,33-34,36,42,45,53,55-56,61-62H,23-32,35H2,1-4H3,(H2,63,64,65)/t42-/m1/s1. The summed E-state index contributed by atoms with van der Waals surface area (Å²) in [5.41, 5.74) is 7.15. The van der Waals surface area contributed by atoms with Gasteiger partial charge in [0.25, 0.3) is 10.0 Å². The maximum absolute atomic E-state index is 13.9. The lowest BCUT2D eigenvalue weighted by molar-refractivity contribution is -0.0425. The highest BCUT2D eigenvalue weighted by Crippen LogP contribution is 2.45. The minimum atomic E-state index is -4.58. The first-order valence-corrected chi connectivity index (χ1v) is 30.7. The number of sulfone groups is 1. The van der Waals surface area contributed by atoms with Gasteiger partial charge in [-0.25, -0.2) is 21.4 Å². The molecule has 21 heteroatoms. The Morgan fingerprint density at radius 1 is 0.784 bits per heavy atom. The van der Waals surface area contributed by atoms with Crippen LogP contribution in [0.5, 0.6) is 0 Å². The average molecular weight is 1110 g/mol. The summed E-state index contributed by atoms with van der Waals surface area (Å²) < 4.78 is 75.5. The lowest BCUT2D eigenvalue weighted by Gasteiger charge is -2.37. The molecular formula is C53H64ClN6O10PS3. The Kier molecular flexibility index (Phi) is 17.6. The summed E-state index contributed by atoms with van der Waals surface area (Å²) in [6.45, 7) is 10.6. The number of piperidine rings is 1. The van der Waals surface area contributed by atoms with E-state index in [9.17, 15) is 41.4 Å². The molecule has 0 saturated carbocycles. The van der Waals surface area contributed by atoms with E-state index < -0.39 is 40.1 Å². The molecule has 0 bridgehead atoms. The van der Waals surface area contributed by atoms with Crippen molar-refractivity contribution in [2.75, 3.05) is 77.7 Å². The molecule has 1 aromatic heterocycles. The summed E-state index contributed by atoms with van der Waals surface area (Å²) >= 11 is 7.89. The number of hydrogen-bond donors (Lipinski definition) is 6. The summed E-state index contributed by atoms with van der Waals surface area (Å²) in [4.78, 5) is 25.9. The lowest BCUT2D eigenvalue weighted by Crippen LogP contribution is -2.46. The van der Waals surface area contributed by atoms with Crippen LogP contribution in [0.25, 0.3) is 22.4 Å². The van der Waals surface area contributed by atoms with Crippen molar-refractivity contribution in [1.82, 2.24) is 9.47 Å². The minimum Gasteiger partial charge on any atom is -0.380 e. The van der Waals surface area contributed by atoms with Gasteiger partial charge in [-0.05, 0) is 130 Å². The summed E-state index contributed by atoms with van der Waals surface area (Å²) in [6, 6.07) is 36.5. The second-order valence-corrected chi connectivity index (χ2v) is 25.5. The van der Waals surface area contributed by atoms with Crippen LogP contribution in [0.1, 0.15) is 56.7 Å². The monoisotopic (exact) mass is 1110 g/mol. The third-order valence-corrected chi connectivity index (χ3v) is 18.0. The molecule has 2 fully saturated rings. The molecule has 5 aromatic carbocycles. The number of halogens is 1. The lowest BCUT2D eigenvalue weighted by atomic mass is 9.96. The number of thioether (sulfide) groups is 1. The first-order valence-electron chi connectivity index (χ1n) is 24.5. The smallest absolute Gasteiger partial charge is 0.380 e. The fraction of sp³-hybridized carbons (Fsp3) is 0.358. The van der Waals surface area contributed by atoms with Crippen molar-refractivity contribution in [3.8, 4) is 22.4 Å². The molecule has 6 N–H and O–H groups in total. The SMILES string of the molecule is Cc1c(C(O)O)c(-c2cccc(N3CCN(c4ccc(NS(=O)(=O)c5ccc(N[C@H](CCN6CCC(OP(=O)(O)O)CC6)CSc6ccccc6)c(S(C)(=O)=O)c5)cc4)CC3)c2)c(-c2ccc(Cl)cc2)n1C(C)C. The molecule has 6 aromatic rings. The number of benzene rings is 5. The Morgan fingerprint density at radius 3 is 2.04 bits per heavy atom. The fourth-order valence-electron chi connectivity index (χ4n) is 9.90. The molecule has 0 radical (unpaired) electrons. The number of aromatic nitrogens is 1. The Balaban J connectivity index is 0.928. The molecule has 0 aliphatic carbocycles. The van der Waals surface area contributed by atoms with Crippen LogP contribution in [0.4, 0.5) is 22.7 Å². The van der Waals surface area contributed by atoms with Crippen LogP contribution in [0.15, 0.2) is 136 Å². The molecule has 2 saturated heterocycles. The van der Waals surface area contributed by atoms with Gasteiger partial charge < -0.3 is 44.6 Å². The maximum atomic E-state index is 13.9. The van der Waals surface area contributed by atoms with Crippen LogP contribution in [-0.4, -0.2) is 116 Å². The number of anilines is 4. The quantitative estimate of drug-likeness (QED) is 0.0239. The van der Waals surface area contributed by atoms with Crippen molar-refractivity contribution >= 4 is 73.8 Å². The molecule has 0 amide bonds. The number of likely N-dealkylation sites (tertiary alicyclic amines) is 1. The molecular weight excluding hydrogens is 1040 g/mol. The molecule has 3 heterocycles.